The van der Waals surface area contributed by atoms with Crippen molar-refractivity contribution in [1.29, 1.82) is 0 Å². The van der Waals surface area contributed by atoms with Gasteiger partial charge in [0.05, 0.1) is 64.6 Å². The summed E-state index contributed by atoms with van der Waals surface area (Å²) in [6, 6.07) is 9.04. The normalized spacial score (nSPS) is 18.5. The molecule has 0 aliphatic carbocycles. The van der Waals surface area contributed by atoms with Crippen molar-refractivity contribution in [1.82, 2.24) is 0 Å². The lowest BCUT2D eigenvalue weighted by Gasteiger charge is -2.30. The van der Waals surface area contributed by atoms with Gasteiger partial charge in [-0.2, -0.15) is 26.3 Å². The van der Waals surface area contributed by atoms with Gasteiger partial charge in [-0.05, 0) is 104 Å². The molecule has 3 N–H and O–H groups in total. The molecule has 0 amide bonds. The molecule has 0 fully saturated rings. The highest BCUT2D eigenvalue weighted by Gasteiger charge is 2.63. The standard InChI is InChI=1S/C19H13BCl3F4NO3.C10H10BClFNO3.C9H4Cl3F3.CH4/c1-17(2)10-5-9(14(24)6-11(10)20(29)30-17)15-7-18(31-28-15,19(25,26)27)8-3-12(21)16(23)13(22)4-8;1-10(2)6-3-5(9(12)14-16)8(13)4-7(6)11(15)17-10;1-4(9(13,14)15)5-2-6(10)8(12)7(11)3-5;/h3-6,29H,7H2,1-2H3;3-4,15-16H,1-2H3;2-3H,1H2;1H4. The van der Waals surface area contributed by atoms with Crippen molar-refractivity contribution < 1.29 is 64.5 Å². The third-order valence-electron chi connectivity index (χ3n) is 9.85. The lowest BCUT2D eigenvalue weighted by atomic mass is 9.77. The average molecular weight is 1050 g/mol. The van der Waals surface area contributed by atoms with E-state index in [1.54, 1.807) is 27.7 Å². The number of rotatable bonds is 4. The van der Waals surface area contributed by atoms with Gasteiger partial charge < -0.3 is 29.4 Å². The van der Waals surface area contributed by atoms with Crippen LogP contribution in [0.4, 0.5) is 35.1 Å². The van der Waals surface area contributed by atoms with Gasteiger partial charge in [0.1, 0.15) is 11.6 Å². The minimum Gasteiger partial charge on any atom is -0.423 e. The largest absolute Gasteiger partial charge is 0.492 e. The summed E-state index contributed by atoms with van der Waals surface area (Å²) < 4.78 is 119. The van der Waals surface area contributed by atoms with Crippen LogP contribution in [0.5, 0.6) is 0 Å². The second kappa shape index (κ2) is 19.3. The minimum atomic E-state index is -4.94. The molecular weight excluding hydrogens is 1010 g/mol. The molecule has 4 aromatic carbocycles. The molecule has 0 saturated heterocycles. The number of alkyl halides is 6. The van der Waals surface area contributed by atoms with Crippen molar-refractivity contribution in [2.45, 2.75) is 70.7 Å². The van der Waals surface area contributed by atoms with Gasteiger partial charge in [0.15, 0.2) is 5.17 Å². The summed E-state index contributed by atoms with van der Waals surface area (Å²) >= 11 is 40.1. The highest BCUT2D eigenvalue weighted by atomic mass is 35.5. The maximum absolute atomic E-state index is 14.8. The van der Waals surface area contributed by atoms with Crippen molar-refractivity contribution in [3.05, 3.63) is 130 Å². The zero-order valence-electron chi connectivity index (χ0n) is 32.3. The molecular formula is C39H31B2Cl7F8N2O6. The summed E-state index contributed by atoms with van der Waals surface area (Å²) in [6.45, 7) is 9.70. The molecule has 1 unspecified atom stereocenters. The van der Waals surface area contributed by atoms with Gasteiger partial charge in [0.25, 0.3) is 5.60 Å². The molecule has 0 saturated carbocycles. The highest BCUT2D eigenvalue weighted by molar-refractivity contribution is 6.69. The summed E-state index contributed by atoms with van der Waals surface area (Å²) in [4.78, 5) is 4.91. The second-order valence-electron chi connectivity index (χ2n) is 14.8. The Balaban J connectivity index is 0.000000230. The Morgan fingerprint density at radius 2 is 1.17 bits per heavy atom. The second-order valence-corrected chi connectivity index (χ2v) is 17.5. The number of hydrogen-bond donors (Lipinski definition) is 3. The molecule has 1 atom stereocenters. The zero-order chi connectivity index (χ0) is 47.5. The minimum absolute atomic E-state index is 0. The smallest absolute Gasteiger partial charge is 0.423 e. The first-order valence-electron chi connectivity index (χ1n) is 17.5. The van der Waals surface area contributed by atoms with E-state index in [2.05, 4.69) is 16.9 Å². The van der Waals surface area contributed by atoms with Crippen LogP contribution in [0.25, 0.3) is 5.57 Å². The first-order valence-corrected chi connectivity index (χ1v) is 20.2. The quantitative estimate of drug-likeness (QED) is 0.0469. The summed E-state index contributed by atoms with van der Waals surface area (Å²) in [5, 5.41) is 33.6. The van der Waals surface area contributed by atoms with Crippen LogP contribution in [0.1, 0.15) is 74.9 Å². The van der Waals surface area contributed by atoms with Crippen molar-refractivity contribution >= 4 is 123 Å². The van der Waals surface area contributed by atoms with Crippen LogP contribution in [0.3, 0.4) is 0 Å². The molecule has 0 aromatic heterocycles. The number of benzene rings is 4. The predicted octanol–water partition coefficient (Wildman–Crippen LogP) is 12.3. The van der Waals surface area contributed by atoms with Gasteiger partial charge in [0.2, 0.25) is 0 Å². The number of hydrogen-bond acceptors (Lipinski definition) is 8. The molecule has 25 heteroatoms. The average Bonchev–Trinajstić information content (AvgIpc) is 3.80. The molecule has 0 radical (unpaired) electrons. The third kappa shape index (κ3) is 10.6. The topological polar surface area (TPSA) is 113 Å². The molecule has 3 aliphatic rings. The van der Waals surface area contributed by atoms with Crippen molar-refractivity contribution in [3.63, 3.8) is 0 Å². The number of nitrogens with zero attached hydrogens (tertiary/aromatic N) is 2. The van der Waals surface area contributed by atoms with Crippen LogP contribution < -0.4 is 10.9 Å². The SMILES string of the molecule is C.C=C(c1cc(Cl)c(Cl)c(Cl)c1)C(F)(F)F.CC1(C)OB(O)c2cc(F)c(C(Cl)=NO)cc21.CC1(C)OB(O)c2cc(F)c(C3=NOC(c4cc(Cl)c(Cl)c(Cl)c4)(C(F)(F)F)C3)cc21. The fourth-order valence-electron chi connectivity index (χ4n) is 6.60. The summed E-state index contributed by atoms with van der Waals surface area (Å²) in [5.41, 5.74) is -5.16. The van der Waals surface area contributed by atoms with Crippen molar-refractivity contribution in [3.8, 4) is 0 Å². The molecule has 0 bridgehead atoms. The van der Waals surface area contributed by atoms with Gasteiger partial charge in [0, 0.05) is 11.1 Å². The van der Waals surface area contributed by atoms with Gasteiger partial charge in [-0.3, -0.25) is 0 Å². The number of fused-ring (bicyclic) bond motifs is 2. The number of halogens is 15. The number of allylic oxidation sites excluding steroid dienone is 1. The van der Waals surface area contributed by atoms with E-state index in [9.17, 15) is 45.2 Å². The number of oxime groups is 2. The predicted molar refractivity (Wildman–Crippen MR) is 235 cm³/mol. The van der Waals surface area contributed by atoms with Gasteiger partial charge >= 0.3 is 26.6 Å². The fourth-order valence-corrected chi connectivity index (χ4v) is 7.94. The Kier molecular flexibility index (Phi) is 16.2. The van der Waals surface area contributed by atoms with E-state index in [0.29, 0.717) is 16.6 Å². The Labute approximate surface area is 396 Å². The van der Waals surface area contributed by atoms with Crippen molar-refractivity contribution in [2.24, 2.45) is 10.3 Å². The van der Waals surface area contributed by atoms with Crippen LogP contribution in [0, 0.1) is 11.6 Å². The van der Waals surface area contributed by atoms with Gasteiger partial charge in [-0.25, -0.2) is 8.78 Å². The molecule has 0 spiro atoms. The van der Waals surface area contributed by atoms with Gasteiger partial charge in [-0.15, -0.1) is 0 Å². The van der Waals surface area contributed by atoms with E-state index in [1.165, 1.54) is 12.1 Å². The van der Waals surface area contributed by atoms with E-state index >= 15 is 0 Å². The molecule has 344 valence electrons. The Morgan fingerprint density at radius 3 is 1.61 bits per heavy atom. The molecule has 7 rings (SSSR count). The van der Waals surface area contributed by atoms with Crippen molar-refractivity contribution in [2.75, 3.05) is 0 Å². The van der Waals surface area contributed by atoms with E-state index in [4.69, 9.17) is 101 Å². The maximum atomic E-state index is 14.8. The molecule has 8 nitrogen and oxygen atoms in total. The fraction of sp³-hybridized carbons (Fsp3) is 0.282. The highest BCUT2D eigenvalue weighted by Crippen LogP contribution is 2.51. The van der Waals surface area contributed by atoms with Crippen LogP contribution in [-0.4, -0.2) is 52.7 Å². The maximum Gasteiger partial charge on any atom is 0.492 e. The zero-order valence-corrected chi connectivity index (χ0v) is 37.6. The lowest BCUT2D eigenvalue weighted by Crippen LogP contribution is -2.42. The van der Waals surface area contributed by atoms with Crippen LogP contribution >= 0.6 is 81.2 Å². The first-order chi connectivity index (χ1) is 28.9. The lowest BCUT2D eigenvalue weighted by molar-refractivity contribution is -0.275. The summed E-state index contributed by atoms with van der Waals surface area (Å²) in [6.07, 6.45) is -10.3. The van der Waals surface area contributed by atoms with E-state index < -0.39 is 72.6 Å². The van der Waals surface area contributed by atoms with E-state index in [1.807, 2.05) is 0 Å². The van der Waals surface area contributed by atoms with Crippen LogP contribution in [0.15, 0.2) is 65.4 Å². The van der Waals surface area contributed by atoms with Gasteiger partial charge in [-0.1, -0.05) is 106 Å². The summed E-state index contributed by atoms with van der Waals surface area (Å²) in [5.74, 6) is -1.54. The molecule has 3 heterocycles. The monoisotopic (exact) mass is 1040 g/mol. The molecule has 3 aliphatic heterocycles. The first kappa shape index (κ1) is 53.6. The Hall–Kier alpha value is -3.00. The van der Waals surface area contributed by atoms with E-state index in [0.717, 1.165) is 36.4 Å². The molecule has 64 heavy (non-hydrogen) atoms. The molecule has 4 aromatic rings. The Bertz CT molecular complexity index is 2520. The summed E-state index contributed by atoms with van der Waals surface area (Å²) in [7, 11) is -2.50. The van der Waals surface area contributed by atoms with Crippen LogP contribution in [-0.2, 0) is 30.9 Å². The Morgan fingerprint density at radius 1 is 0.734 bits per heavy atom. The van der Waals surface area contributed by atoms with E-state index in [-0.39, 0.29) is 70.6 Å². The van der Waals surface area contributed by atoms with Crippen LogP contribution in [0.2, 0.25) is 30.1 Å². The third-order valence-corrected chi connectivity index (χ3v) is 12.5.